The topological polar surface area (TPSA) is 69.0 Å². The van der Waals surface area contributed by atoms with Crippen LogP contribution in [0.25, 0.3) is 11.0 Å². The highest BCUT2D eigenvalue weighted by atomic mass is 19.1. The molecule has 7 heteroatoms. The van der Waals surface area contributed by atoms with Gasteiger partial charge in [-0.25, -0.2) is 4.39 Å². The molecular weight excluding hydrogens is 461 g/mol. The van der Waals surface area contributed by atoms with Crippen molar-refractivity contribution in [1.29, 1.82) is 0 Å². The van der Waals surface area contributed by atoms with E-state index in [4.69, 9.17) is 13.9 Å². The standard InChI is InChI=1S/C29H24FNO5/c1-4-14-35-23-13-7-18(16-24(23)34-5-2)26-25-27(32)21-15-17(3)6-12-22(21)36-28(25)29(33)31(26)20-10-8-19(30)9-11-20/h4,6-13,15-16,26H,1,5,14H2,2-3H3. The molecule has 0 N–H and O–H groups in total. The fourth-order valence-electron chi connectivity index (χ4n) is 4.50. The van der Waals surface area contributed by atoms with Gasteiger partial charge >= 0.3 is 0 Å². The summed E-state index contributed by atoms with van der Waals surface area (Å²) in [6.45, 7) is 8.10. The molecule has 0 spiro atoms. The average molecular weight is 486 g/mol. The van der Waals surface area contributed by atoms with Gasteiger partial charge in [0.05, 0.1) is 23.6 Å². The fourth-order valence-corrected chi connectivity index (χ4v) is 4.50. The number of hydrogen-bond acceptors (Lipinski definition) is 5. The van der Waals surface area contributed by atoms with Crippen LogP contribution in [0.15, 0.2) is 82.5 Å². The summed E-state index contributed by atoms with van der Waals surface area (Å²) in [4.78, 5) is 28.9. The molecule has 1 aromatic heterocycles. The van der Waals surface area contributed by atoms with E-state index in [1.165, 1.54) is 29.2 Å². The number of ether oxygens (including phenoxy) is 2. The van der Waals surface area contributed by atoms with Crippen molar-refractivity contribution in [2.75, 3.05) is 18.1 Å². The van der Waals surface area contributed by atoms with Crippen LogP contribution in [0.1, 0.15) is 40.2 Å². The van der Waals surface area contributed by atoms with Gasteiger partial charge in [-0.15, -0.1) is 0 Å². The van der Waals surface area contributed by atoms with Gasteiger partial charge in [0.1, 0.15) is 18.0 Å². The molecule has 0 saturated carbocycles. The van der Waals surface area contributed by atoms with Crippen LogP contribution in [-0.4, -0.2) is 19.1 Å². The summed E-state index contributed by atoms with van der Waals surface area (Å²) in [6.07, 6.45) is 1.63. The van der Waals surface area contributed by atoms with E-state index >= 15 is 0 Å². The van der Waals surface area contributed by atoms with E-state index in [0.717, 1.165) is 5.56 Å². The molecule has 1 unspecified atom stereocenters. The number of aryl methyl sites for hydroxylation is 1. The molecule has 5 rings (SSSR count). The lowest BCUT2D eigenvalue weighted by Gasteiger charge is -2.26. The van der Waals surface area contributed by atoms with Crippen molar-refractivity contribution in [3.05, 3.63) is 112 Å². The molecule has 1 atom stereocenters. The minimum absolute atomic E-state index is 0.0318. The second kappa shape index (κ2) is 9.34. The second-order valence-corrected chi connectivity index (χ2v) is 8.47. The Morgan fingerprint density at radius 2 is 1.81 bits per heavy atom. The van der Waals surface area contributed by atoms with Crippen molar-refractivity contribution < 1.29 is 23.1 Å². The number of carbonyl (C=O) groups is 1. The smallest absolute Gasteiger partial charge is 0.295 e. The molecule has 0 aliphatic carbocycles. The van der Waals surface area contributed by atoms with Crippen LogP contribution >= 0.6 is 0 Å². The number of hydrogen-bond donors (Lipinski definition) is 0. The number of amides is 1. The normalized spacial score (nSPS) is 14.7. The number of fused-ring (bicyclic) bond motifs is 2. The van der Waals surface area contributed by atoms with Gasteiger partial charge in [-0.1, -0.05) is 30.4 Å². The zero-order chi connectivity index (χ0) is 25.4. The van der Waals surface area contributed by atoms with Gasteiger partial charge in [0, 0.05) is 5.69 Å². The van der Waals surface area contributed by atoms with Crippen molar-refractivity contribution in [1.82, 2.24) is 0 Å². The third-order valence-corrected chi connectivity index (χ3v) is 6.07. The minimum Gasteiger partial charge on any atom is -0.490 e. The van der Waals surface area contributed by atoms with E-state index in [2.05, 4.69) is 6.58 Å². The van der Waals surface area contributed by atoms with E-state index in [1.807, 2.05) is 19.9 Å². The fraction of sp³-hybridized carbons (Fsp3) is 0.172. The summed E-state index contributed by atoms with van der Waals surface area (Å²) in [5.41, 5.74) is 2.23. The Kier molecular flexibility index (Phi) is 6.06. The number of carbonyl (C=O) groups excluding carboxylic acids is 1. The van der Waals surface area contributed by atoms with Crippen LogP contribution in [0.4, 0.5) is 10.1 Å². The van der Waals surface area contributed by atoms with Crippen molar-refractivity contribution in [2.45, 2.75) is 19.9 Å². The van der Waals surface area contributed by atoms with Crippen molar-refractivity contribution >= 4 is 22.6 Å². The molecule has 0 saturated heterocycles. The van der Waals surface area contributed by atoms with Crippen LogP contribution in [0, 0.1) is 12.7 Å². The predicted octanol–water partition coefficient (Wildman–Crippen LogP) is 5.95. The van der Waals surface area contributed by atoms with E-state index in [1.54, 1.807) is 36.4 Å². The highest BCUT2D eigenvalue weighted by Gasteiger charge is 2.44. The maximum Gasteiger partial charge on any atom is 0.295 e. The first-order chi connectivity index (χ1) is 17.4. The van der Waals surface area contributed by atoms with Crippen molar-refractivity contribution in [3.8, 4) is 11.5 Å². The molecule has 6 nitrogen and oxygen atoms in total. The lowest BCUT2D eigenvalue weighted by atomic mass is 9.97. The summed E-state index contributed by atoms with van der Waals surface area (Å²) in [5.74, 6) is 0.0383. The Bertz CT molecular complexity index is 1540. The number of anilines is 1. The second-order valence-electron chi connectivity index (χ2n) is 8.47. The Hall–Kier alpha value is -4.39. The molecule has 1 aliphatic heterocycles. The van der Waals surface area contributed by atoms with Gasteiger partial charge < -0.3 is 13.9 Å². The van der Waals surface area contributed by atoms with E-state index in [-0.39, 0.29) is 16.8 Å². The van der Waals surface area contributed by atoms with Crippen molar-refractivity contribution in [3.63, 3.8) is 0 Å². The van der Waals surface area contributed by atoms with E-state index in [0.29, 0.717) is 46.9 Å². The third-order valence-electron chi connectivity index (χ3n) is 6.07. The highest BCUT2D eigenvalue weighted by Crippen LogP contribution is 2.43. The summed E-state index contributed by atoms with van der Waals surface area (Å²) < 4.78 is 31.3. The summed E-state index contributed by atoms with van der Waals surface area (Å²) in [6, 6.07) is 15.3. The van der Waals surface area contributed by atoms with Gasteiger partial charge in [-0.2, -0.15) is 0 Å². The summed E-state index contributed by atoms with van der Waals surface area (Å²) in [7, 11) is 0. The zero-order valence-electron chi connectivity index (χ0n) is 19.9. The maximum atomic E-state index is 13.8. The molecule has 0 radical (unpaired) electrons. The van der Waals surface area contributed by atoms with E-state index in [9.17, 15) is 14.0 Å². The first kappa shape index (κ1) is 23.4. The van der Waals surface area contributed by atoms with Gasteiger partial charge in [0.2, 0.25) is 5.76 Å². The van der Waals surface area contributed by atoms with Gasteiger partial charge in [0.15, 0.2) is 16.9 Å². The van der Waals surface area contributed by atoms with Crippen LogP contribution in [0.3, 0.4) is 0 Å². The Labute approximate surface area is 207 Å². The van der Waals surface area contributed by atoms with Crippen LogP contribution < -0.4 is 19.8 Å². The molecule has 0 bridgehead atoms. The van der Waals surface area contributed by atoms with Crippen LogP contribution in [0.5, 0.6) is 11.5 Å². The number of nitrogens with zero attached hydrogens (tertiary/aromatic N) is 1. The molecule has 182 valence electrons. The molecular formula is C29H24FNO5. The molecule has 36 heavy (non-hydrogen) atoms. The minimum atomic E-state index is -0.813. The lowest BCUT2D eigenvalue weighted by Crippen LogP contribution is -2.29. The quantitative estimate of drug-likeness (QED) is 0.303. The summed E-state index contributed by atoms with van der Waals surface area (Å²) in [5, 5.41) is 0.392. The Balaban J connectivity index is 1.75. The highest BCUT2D eigenvalue weighted by molar-refractivity contribution is 6.10. The number of benzene rings is 3. The monoisotopic (exact) mass is 485 g/mol. The molecule has 0 fully saturated rings. The maximum absolute atomic E-state index is 13.8. The largest absolute Gasteiger partial charge is 0.490 e. The average Bonchev–Trinajstić information content (AvgIpc) is 3.17. The van der Waals surface area contributed by atoms with Crippen LogP contribution in [-0.2, 0) is 0 Å². The molecule has 2 heterocycles. The Morgan fingerprint density at radius 3 is 2.53 bits per heavy atom. The number of rotatable bonds is 7. The van der Waals surface area contributed by atoms with Gasteiger partial charge in [-0.3, -0.25) is 14.5 Å². The first-order valence-corrected chi connectivity index (χ1v) is 11.6. The zero-order valence-corrected chi connectivity index (χ0v) is 19.9. The van der Waals surface area contributed by atoms with Gasteiger partial charge in [0.25, 0.3) is 5.91 Å². The van der Waals surface area contributed by atoms with Gasteiger partial charge in [-0.05, 0) is 67.9 Å². The first-order valence-electron chi connectivity index (χ1n) is 11.6. The lowest BCUT2D eigenvalue weighted by molar-refractivity contribution is 0.0971. The molecule has 4 aromatic rings. The number of halogens is 1. The Morgan fingerprint density at radius 1 is 1.03 bits per heavy atom. The molecule has 1 amide bonds. The van der Waals surface area contributed by atoms with E-state index < -0.39 is 17.8 Å². The third kappa shape index (κ3) is 3.92. The van der Waals surface area contributed by atoms with Crippen molar-refractivity contribution in [2.24, 2.45) is 0 Å². The molecule has 1 aliphatic rings. The SMILES string of the molecule is C=CCOc1ccc(C2c3c(oc4ccc(C)cc4c3=O)C(=O)N2c2ccc(F)cc2)cc1OCC. The summed E-state index contributed by atoms with van der Waals surface area (Å²) >= 11 is 0. The van der Waals surface area contributed by atoms with Crippen LogP contribution in [0.2, 0.25) is 0 Å². The molecule has 3 aromatic carbocycles. The predicted molar refractivity (Wildman–Crippen MR) is 136 cm³/mol.